The minimum absolute atomic E-state index is 0. The molecule has 0 radical (unpaired) electrons. The Morgan fingerprint density at radius 3 is 2.65 bits per heavy atom. The topological polar surface area (TPSA) is 98.4 Å². The summed E-state index contributed by atoms with van der Waals surface area (Å²) >= 11 is 0. The summed E-state index contributed by atoms with van der Waals surface area (Å²) in [4.78, 5) is 23.6. The molecule has 2 heterocycles. The Bertz CT molecular complexity index is 1230. The van der Waals surface area contributed by atoms with E-state index in [-0.39, 0.29) is 18.3 Å². The number of benzene rings is 2. The number of H-pyrrole nitrogens is 1. The molecule has 0 aliphatic rings. The second-order valence-electron chi connectivity index (χ2n) is 6.73. The van der Waals surface area contributed by atoms with Crippen molar-refractivity contribution in [2.45, 2.75) is 6.92 Å². The molecule has 0 unspecified atom stereocenters. The van der Waals surface area contributed by atoms with E-state index in [4.69, 9.17) is 14.2 Å². The van der Waals surface area contributed by atoms with Crippen LogP contribution in [0.3, 0.4) is 0 Å². The predicted octanol–water partition coefficient (Wildman–Crippen LogP) is 4.19. The number of aromatic nitrogens is 3. The van der Waals surface area contributed by atoms with Crippen molar-refractivity contribution in [3.63, 3.8) is 0 Å². The number of ether oxygens (including phenoxy) is 3. The van der Waals surface area contributed by atoms with Crippen molar-refractivity contribution < 1.29 is 19.0 Å². The molecule has 0 aliphatic carbocycles. The number of nitrogens with zero attached hydrogens (tertiary/aromatic N) is 2. The molecule has 162 valence electrons. The number of methoxy groups -OCH3 is 2. The molecule has 2 aromatic carbocycles. The monoisotopic (exact) mass is 442 g/mol. The Balaban J connectivity index is 0.00000272. The number of anilines is 1. The molecular weight excluding hydrogens is 420 g/mol. The first-order chi connectivity index (χ1) is 14.6. The number of hydrogen-bond donors (Lipinski definition) is 2. The SMILES string of the molecule is COCCOc1cc2ncnc(-c3c[nH]c4ccc(NC(C)=O)cc34)c2cc1OC.Cl. The van der Waals surface area contributed by atoms with E-state index in [1.807, 2.05) is 36.5 Å². The lowest BCUT2D eigenvalue weighted by Gasteiger charge is -2.13. The fourth-order valence-electron chi connectivity index (χ4n) is 3.38. The minimum atomic E-state index is -0.121. The molecule has 0 atom stereocenters. The van der Waals surface area contributed by atoms with Gasteiger partial charge in [0, 0.05) is 53.8 Å². The average molecular weight is 443 g/mol. The van der Waals surface area contributed by atoms with E-state index in [1.54, 1.807) is 14.2 Å². The zero-order valence-corrected chi connectivity index (χ0v) is 18.2. The first kappa shape index (κ1) is 22.3. The first-order valence-corrected chi connectivity index (χ1v) is 9.44. The van der Waals surface area contributed by atoms with Gasteiger partial charge in [0.15, 0.2) is 11.5 Å². The van der Waals surface area contributed by atoms with Gasteiger partial charge in [0.25, 0.3) is 0 Å². The van der Waals surface area contributed by atoms with Crippen LogP contribution in [0.15, 0.2) is 42.9 Å². The van der Waals surface area contributed by atoms with E-state index in [2.05, 4.69) is 20.3 Å². The van der Waals surface area contributed by atoms with Crippen molar-refractivity contribution >= 4 is 45.8 Å². The molecule has 4 aromatic rings. The van der Waals surface area contributed by atoms with Crippen molar-refractivity contribution in [1.82, 2.24) is 15.0 Å². The minimum Gasteiger partial charge on any atom is -0.493 e. The van der Waals surface area contributed by atoms with Crippen molar-refractivity contribution in [3.8, 4) is 22.8 Å². The van der Waals surface area contributed by atoms with Crippen molar-refractivity contribution in [2.24, 2.45) is 0 Å². The summed E-state index contributed by atoms with van der Waals surface area (Å²) in [5, 5.41) is 4.60. The van der Waals surface area contributed by atoms with Crippen LogP contribution >= 0.6 is 12.4 Å². The van der Waals surface area contributed by atoms with E-state index >= 15 is 0 Å². The normalized spacial score (nSPS) is 10.7. The summed E-state index contributed by atoms with van der Waals surface area (Å²) in [5.74, 6) is 1.07. The van der Waals surface area contributed by atoms with Crippen LogP contribution in [0.4, 0.5) is 5.69 Å². The summed E-state index contributed by atoms with van der Waals surface area (Å²) in [7, 11) is 3.22. The number of nitrogens with one attached hydrogen (secondary N) is 2. The van der Waals surface area contributed by atoms with Crippen LogP contribution in [0.25, 0.3) is 33.1 Å². The fourth-order valence-corrected chi connectivity index (χ4v) is 3.38. The van der Waals surface area contributed by atoms with Gasteiger partial charge in [-0.05, 0) is 24.3 Å². The Labute approximate surface area is 185 Å². The molecule has 0 fully saturated rings. The highest BCUT2D eigenvalue weighted by Gasteiger charge is 2.16. The molecule has 0 aliphatic heterocycles. The predicted molar refractivity (Wildman–Crippen MR) is 122 cm³/mol. The second kappa shape index (κ2) is 9.63. The molecule has 31 heavy (non-hydrogen) atoms. The van der Waals surface area contributed by atoms with Crippen LogP contribution in [0.1, 0.15) is 6.92 Å². The van der Waals surface area contributed by atoms with Gasteiger partial charge in [-0.1, -0.05) is 0 Å². The Morgan fingerprint density at radius 2 is 1.90 bits per heavy atom. The highest BCUT2D eigenvalue weighted by atomic mass is 35.5. The summed E-state index contributed by atoms with van der Waals surface area (Å²) in [5.41, 5.74) is 4.06. The molecule has 0 saturated heterocycles. The maximum absolute atomic E-state index is 11.4. The lowest BCUT2D eigenvalue weighted by Crippen LogP contribution is -2.05. The van der Waals surface area contributed by atoms with Crippen LogP contribution < -0.4 is 14.8 Å². The van der Waals surface area contributed by atoms with Gasteiger partial charge >= 0.3 is 0 Å². The summed E-state index contributed by atoms with van der Waals surface area (Å²) in [6.45, 7) is 2.37. The maximum Gasteiger partial charge on any atom is 0.221 e. The van der Waals surface area contributed by atoms with Gasteiger partial charge in [-0.15, -0.1) is 12.4 Å². The van der Waals surface area contributed by atoms with E-state index in [1.165, 1.54) is 13.3 Å². The van der Waals surface area contributed by atoms with Gasteiger partial charge in [-0.3, -0.25) is 4.79 Å². The van der Waals surface area contributed by atoms with Crippen molar-refractivity contribution in [2.75, 3.05) is 32.8 Å². The van der Waals surface area contributed by atoms with Gasteiger partial charge < -0.3 is 24.5 Å². The lowest BCUT2D eigenvalue weighted by atomic mass is 10.0. The zero-order chi connectivity index (χ0) is 21.1. The largest absolute Gasteiger partial charge is 0.493 e. The van der Waals surface area contributed by atoms with Gasteiger partial charge in [0.2, 0.25) is 5.91 Å². The molecule has 0 spiro atoms. The summed E-state index contributed by atoms with van der Waals surface area (Å²) in [6, 6.07) is 9.43. The molecular formula is C22H23ClN4O4. The van der Waals surface area contributed by atoms with E-state index < -0.39 is 0 Å². The first-order valence-electron chi connectivity index (χ1n) is 9.44. The standard InChI is InChI=1S/C22H22N4O4.ClH/c1-13(27)26-14-4-5-18-15(8-14)17(11-23-18)22-16-9-20(29-3)21(30-7-6-28-2)10-19(16)24-12-25-22;/h4-5,8-12,23H,6-7H2,1-3H3,(H,26,27);1H. The maximum atomic E-state index is 11.4. The highest BCUT2D eigenvalue weighted by molar-refractivity contribution is 6.04. The van der Waals surface area contributed by atoms with E-state index in [9.17, 15) is 4.79 Å². The molecule has 4 rings (SSSR count). The number of amides is 1. The van der Waals surface area contributed by atoms with E-state index in [0.29, 0.717) is 24.7 Å². The number of aromatic amines is 1. The highest BCUT2D eigenvalue weighted by Crippen LogP contribution is 2.38. The third-order valence-corrected chi connectivity index (χ3v) is 4.72. The van der Waals surface area contributed by atoms with Crippen LogP contribution in [0.2, 0.25) is 0 Å². The molecule has 2 N–H and O–H groups in total. The molecule has 2 aromatic heterocycles. The van der Waals surface area contributed by atoms with Gasteiger partial charge in [0.05, 0.1) is 24.9 Å². The van der Waals surface area contributed by atoms with Crippen LogP contribution in [-0.2, 0) is 9.53 Å². The Hall–Kier alpha value is -3.36. The molecule has 8 nitrogen and oxygen atoms in total. The number of carbonyl (C=O) groups is 1. The van der Waals surface area contributed by atoms with E-state index in [0.717, 1.165) is 38.8 Å². The number of halogens is 1. The average Bonchev–Trinajstić information content (AvgIpc) is 3.15. The van der Waals surface area contributed by atoms with Crippen LogP contribution in [0.5, 0.6) is 11.5 Å². The number of carbonyl (C=O) groups excluding carboxylic acids is 1. The fraction of sp³-hybridized carbons (Fsp3) is 0.227. The number of rotatable bonds is 7. The van der Waals surface area contributed by atoms with Gasteiger partial charge in [0.1, 0.15) is 12.9 Å². The molecule has 1 amide bonds. The summed E-state index contributed by atoms with van der Waals surface area (Å²) in [6.07, 6.45) is 3.43. The lowest BCUT2D eigenvalue weighted by molar-refractivity contribution is -0.114. The Morgan fingerprint density at radius 1 is 1.06 bits per heavy atom. The van der Waals surface area contributed by atoms with Gasteiger partial charge in [-0.2, -0.15) is 0 Å². The molecule has 9 heteroatoms. The zero-order valence-electron chi connectivity index (χ0n) is 17.4. The van der Waals surface area contributed by atoms with Crippen LogP contribution in [-0.4, -0.2) is 48.3 Å². The van der Waals surface area contributed by atoms with Gasteiger partial charge in [-0.25, -0.2) is 9.97 Å². The van der Waals surface area contributed by atoms with Crippen molar-refractivity contribution in [1.29, 1.82) is 0 Å². The number of hydrogen-bond acceptors (Lipinski definition) is 6. The molecule has 0 bridgehead atoms. The second-order valence-corrected chi connectivity index (χ2v) is 6.73. The third kappa shape index (κ3) is 4.55. The van der Waals surface area contributed by atoms with Crippen molar-refractivity contribution in [3.05, 3.63) is 42.9 Å². The molecule has 0 saturated carbocycles. The van der Waals surface area contributed by atoms with Crippen LogP contribution in [0, 0.1) is 0 Å². The Kier molecular flexibility index (Phi) is 6.94. The quantitative estimate of drug-likeness (QED) is 0.416. The smallest absolute Gasteiger partial charge is 0.221 e. The third-order valence-electron chi connectivity index (χ3n) is 4.72. The summed E-state index contributed by atoms with van der Waals surface area (Å²) < 4.78 is 16.3. The number of fused-ring (bicyclic) bond motifs is 2.